The van der Waals surface area contributed by atoms with Crippen LogP contribution in [0.4, 0.5) is 0 Å². The summed E-state index contributed by atoms with van der Waals surface area (Å²) in [6.45, 7) is 8.35. The van der Waals surface area contributed by atoms with Crippen LogP contribution in [0.1, 0.15) is 32.6 Å². The minimum atomic E-state index is -0.0423. The number of quaternary nitrogens is 2. The van der Waals surface area contributed by atoms with Crippen molar-refractivity contribution >= 4 is 5.97 Å². The van der Waals surface area contributed by atoms with E-state index >= 15 is 0 Å². The third kappa shape index (κ3) is 10.3. The standard InChI is InChI=1S/C15H32N2O2.2HI/c1-5-17(10-7-6-8-11-17)13-14-19-15(18)9-12-16(2,3)4;;/h5-14H2,1-4H3;2*1H/q+2;;/p-2. The minimum Gasteiger partial charge on any atom is -1.00 e. The van der Waals surface area contributed by atoms with E-state index in [9.17, 15) is 4.79 Å². The molecule has 0 atom stereocenters. The van der Waals surface area contributed by atoms with E-state index in [4.69, 9.17) is 4.74 Å². The van der Waals surface area contributed by atoms with Crippen molar-refractivity contribution in [2.75, 3.05) is 60.5 Å². The number of carbonyl (C=O) groups is 1. The first-order valence-electron chi connectivity index (χ1n) is 7.68. The smallest absolute Gasteiger partial charge is 0.311 e. The molecule has 21 heavy (non-hydrogen) atoms. The lowest BCUT2D eigenvalue weighted by atomic mass is 10.1. The van der Waals surface area contributed by atoms with Gasteiger partial charge in [0.05, 0.1) is 53.7 Å². The molecular weight excluding hydrogens is 494 g/mol. The Balaban J connectivity index is 0. The number of likely N-dealkylation sites (tertiary alicyclic amines) is 1. The maximum Gasteiger partial charge on any atom is 0.311 e. The van der Waals surface area contributed by atoms with Gasteiger partial charge in [-0.15, -0.1) is 0 Å². The van der Waals surface area contributed by atoms with Crippen LogP contribution in [0.2, 0.25) is 0 Å². The molecule has 0 amide bonds. The first-order valence-corrected chi connectivity index (χ1v) is 7.68. The van der Waals surface area contributed by atoms with Crippen LogP contribution in [0.5, 0.6) is 0 Å². The Morgan fingerprint density at radius 1 is 1.10 bits per heavy atom. The molecule has 0 radical (unpaired) electrons. The summed E-state index contributed by atoms with van der Waals surface area (Å²) in [7, 11) is 6.29. The van der Waals surface area contributed by atoms with Crippen molar-refractivity contribution in [3.63, 3.8) is 0 Å². The average molecular weight is 526 g/mol. The molecule has 0 saturated carbocycles. The predicted molar refractivity (Wildman–Crippen MR) is 77.7 cm³/mol. The lowest BCUT2D eigenvalue weighted by molar-refractivity contribution is -0.930. The minimum absolute atomic E-state index is 0. The number of hydrogen-bond donors (Lipinski definition) is 0. The number of carbonyl (C=O) groups excluding carboxylic acids is 1. The molecule has 0 spiro atoms. The highest BCUT2D eigenvalue weighted by molar-refractivity contribution is 5.69. The number of rotatable bonds is 7. The van der Waals surface area contributed by atoms with Crippen molar-refractivity contribution in [1.82, 2.24) is 0 Å². The molecule has 1 heterocycles. The molecule has 1 fully saturated rings. The lowest BCUT2D eigenvalue weighted by Crippen LogP contribution is -3.00. The van der Waals surface area contributed by atoms with Gasteiger partial charge in [-0.05, 0) is 26.2 Å². The van der Waals surface area contributed by atoms with Gasteiger partial charge in [-0.25, -0.2) is 0 Å². The molecule has 0 aromatic heterocycles. The number of esters is 1. The molecule has 1 rings (SSSR count). The van der Waals surface area contributed by atoms with Gasteiger partial charge in [0.25, 0.3) is 0 Å². The molecule has 0 N–H and O–H groups in total. The Hall–Kier alpha value is 0.850. The fraction of sp³-hybridized carbons (Fsp3) is 0.933. The largest absolute Gasteiger partial charge is 1.00 e. The number of nitrogens with zero attached hydrogens (tertiary/aromatic N) is 2. The molecule has 128 valence electrons. The molecule has 4 nitrogen and oxygen atoms in total. The second-order valence-corrected chi connectivity index (χ2v) is 6.87. The van der Waals surface area contributed by atoms with Gasteiger partial charge in [0.2, 0.25) is 0 Å². The van der Waals surface area contributed by atoms with Gasteiger partial charge < -0.3 is 61.7 Å². The summed E-state index contributed by atoms with van der Waals surface area (Å²) in [5.41, 5.74) is 0. The average Bonchev–Trinajstić information content (AvgIpc) is 2.37. The van der Waals surface area contributed by atoms with E-state index in [1.807, 2.05) is 0 Å². The fourth-order valence-corrected chi connectivity index (χ4v) is 2.73. The van der Waals surface area contributed by atoms with E-state index < -0.39 is 0 Å². The van der Waals surface area contributed by atoms with Crippen LogP contribution in [0.25, 0.3) is 0 Å². The normalized spacial score (nSPS) is 17.3. The van der Waals surface area contributed by atoms with Gasteiger partial charge in [0.15, 0.2) is 0 Å². The zero-order valence-electron chi connectivity index (χ0n) is 14.0. The summed E-state index contributed by atoms with van der Waals surface area (Å²) in [6, 6.07) is 0. The van der Waals surface area contributed by atoms with Crippen molar-refractivity contribution in [2.24, 2.45) is 0 Å². The third-order valence-electron chi connectivity index (χ3n) is 4.25. The zero-order valence-corrected chi connectivity index (χ0v) is 18.4. The van der Waals surface area contributed by atoms with Gasteiger partial charge >= 0.3 is 5.97 Å². The van der Waals surface area contributed by atoms with Crippen molar-refractivity contribution in [3.05, 3.63) is 0 Å². The van der Waals surface area contributed by atoms with Crippen LogP contribution < -0.4 is 48.0 Å². The molecular formula is C15H32I2N2O2. The van der Waals surface area contributed by atoms with Crippen LogP contribution in [-0.2, 0) is 9.53 Å². The van der Waals surface area contributed by atoms with Gasteiger partial charge in [-0.2, -0.15) is 0 Å². The molecule has 1 aliphatic heterocycles. The van der Waals surface area contributed by atoms with E-state index in [0.717, 1.165) is 28.6 Å². The van der Waals surface area contributed by atoms with E-state index in [-0.39, 0.29) is 53.9 Å². The van der Waals surface area contributed by atoms with E-state index in [1.165, 1.54) is 32.4 Å². The number of ether oxygens (including phenoxy) is 1. The summed E-state index contributed by atoms with van der Waals surface area (Å²) < 4.78 is 7.35. The molecule has 0 unspecified atom stereocenters. The number of piperidine rings is 1. The maximum absolute atomic E-state index is 11.7. The van der Waals surface area contributed by atoms with Crippen LogP contribution in [0.3, 0.4) is 0 Å². The van der Waals surface area contributed by atoms with Crippen LogP contribution in [-0.4, -0.2) is 75.4 Å². The van der Waals surface area contributed by atoms with Crippen molar-refractivity contribution in [3.8, 4) is 0 Å². The maximum atomic E-state index is 11.7. The van der Waals surface area contributed by atoms with Crippen LogP contribution >= 0.6 is 0 Å². The SMILES string of the molecule is CC[N+]1(CCOC(=O)CC[N+](C)(C)C)CCCCC1.[I-].[I-]. The topological polar surface area (TPSA) is 26.3 Å². The van der Waals surface area contributed by atoms with Crippen LogP contribution in [0, 0.1) is 0 Å². The molecule has 1 saturated heterocycles. The molecule has 6 heteroatoms. The first kappa shape index (κ1) is 24.1. The number of hydrogen-bond acceptors (Lipinski definition) is 2. The zero-order chi connectivity index (χ0) is 14.4. The Morgan fingerprint density at radius 2 is 1.67 bits per heavy atom. The molecule has 0 bridgehead atoms. The highest BCUT2D eigenvalue weighted by Crippen LogP contribution is 2.18. The molecule has 0 aromatic rings. The van der Waals surface area contributed by atoms with E-state index in [1.54, 1.807) is 0 Å². The highest BCUT2D eigenvalue weighted by Gasteiger charge is 2.28. The number of halogens is 2. The summed E-state index contributed by atoms with van der Waals surface area (Å²) in [4.78, 5) is 11.7. The third-order valence-corrected chi connectivity index (χ3v) is 4.25. The Bertz CT molecular complexity index is 288. The summed E-state index contributed by atoms with van der Waals surface area (Å²) in [6.07, 6.45) is 4.53. The first-order chi connectivity index (χ1) is 8.87. The lowest BCUT2D eigenvalue weighted by Gasteiger charge is -2.40. The quantitative estimate of drug-likeness (QED) is 0.191. The molecule has 1 aliphatic rings. The van der Waals surface area contributed by atoms with Crippen molar-refractivity contribution in [1.29, 1.82) is 0 Å². The number of likely N-dealkylation sites (N-methyl/N-ethyl adjacent to an activating group) is 1. The summed E-state index contributed by atoms with van der Waals surface area (Å²) in [5.74, 6) is -0.0423. The van der Waals surface area contributed by atoms with Gasteiger partial charge in [-0.3, -0.25) is 4.79 Å². The highest BCUT2D eigenvalue weighted by atomic mass is 127. The molecule has 0 aromatic carbocycles. The van der Waals surface area contributed by atoms with Gasteiger partial charge in [0.1, 0.15) is 13.2 Å². The van der Waals surface area contributed by atoms with Crippen LogP contribution in [0.15, 0.2) is 0 Å². The summed E-state index contributed by atoms with van der Waals surface area (Å²) >= 11 is 0. The fourth-order valence-electron chi connectivity index (χ4n) is 2.73. The Kier molecular flexibility index (Phi) is 13.1. The van der Waals surface area contributed by atoms with Crippen molar-refractivity contribution < 1.29 is 66.5 Å². The summed E-state index contributed by atoms with van der Waals surface area (Å²) in [5, 5.41) is 0. The monoisotopic (exact) mass is 526 g/mol. The Labute approximate surface area is 164 Å². The van der Waals surface area contributed by atoms with Crippen molar-refractivity contribution in [2.45, 2.75) is 32.6 Å². The predicted octanol–water partition coefficient (Wildman–Crippen LogP) is -4.35. The second-order valence-electron chi connectivity index (χ2n) is 6.87. The van der Waals surface area contributed by atoms with E-state index in [0.29, 0.717) is 13.0 Å². The second kappa shape index (κ2) is 11.4. The Morgan fingerprint density at radius 3 is 2.14 bits per heavy atom. The van der Waals surface area contributed by atoms with Gasteiger partial charge in [0, 0.05) is 0 Å². The van der Waals surface area contributed by atoms with E-state index in [2.05, 4.69) is 28.1 Å². The van der Waals surface area contributed by atoms with Gasteiger partial charge in [-0.1, -0.05) is 0 Å². The molecule has 0 aliphatic carbocycles.